The number of hydrazine groups is 1. The number of amides is 2. The number of likely N-dealkylation sites (tertiary alicyclic amines) is 1. The third-order valence-corrected chi connectivity index (χ3v) is 5.31. The lowest BCUT2D eigenvalue weighted by Gasteiger charge is -2.25. The molecule has 27 heavy (non-hydrogen) atoms. The van der Waals surface area contributed by atoms with E-state index in [9.17, 15) is 14.7 Å². The summed E-state index contributed by atoms with van der Waals surface area (Å²) in [7, 11) is 0. The highest BCUT2D eigenvalue weighted by atomic mass is 16.3. The molecule has 2 saturated heterocycles. The number of rotatable bonds is 5. The zero-order valence-electron chi connectivity index (χ0n) is 15.2. The van der Waals surface area contributed by atoms with Gasteiger partial charge in [-0.3, -0.25) is 14.5 Å². The molecule has 0 aromatic heterocycles. The Labute approximate surface area is 158 Å². The first kappa shape index (κ1) is 17.7. The van der Waals surface area contributed by atoms with Crippen molar-refractivity contribution in [2.45, 2.75) is 32.0 Å². The Morgan fingerprint density at radius 2 is 1.70 bits per heavy atom. The first-order valence-corrected chi connectivity index (χ1v) is 9.31. The Bertz CT molecular complexity index is 838. The number of benzene rings is 2. The molecule has 2 aliphatic heterocycles. The molecular weight excluding hydrogens is 342 g/mol. The number of nitrogens with one attached hydrogen (secondary N) is 1. The average molecular weight is 365 g/mol. The van der Waals surface area contributed by atoms with Crippen LogP contribution in [-0.2, 0) is 16.1 Å². The minimum absolute atomic E-state index is 0.118. The van der Waals surface area contributed by atoms with E-state index in [1.165, 1.54) is 4.90 Å². The van der Waals surface area contributed by atoms with Gasteiger partial charge in [-0.15, -0.1) is 0 Å². The van der Waals surface area contributed by atoms with Crippen LogP contribution in [0, 0.1) is 5.92 Å². The van der Waals surface area contributed by atoms with Gasteiger partial charge in [-0.1, -0.05) is 49.4 Å². The lowest BCUT2D eigenvalue weighted by Crippen LogP contribution is -2.45. The monoisotopic (exact) mass is 365 g/mol. The lowest BCUT2D eigenvalue weighted by molar-refractivity contribution is -0.141. The van der Waals surface area contributed by atoms with E-state index in [1.807, 2.05) is 42.3 Å². The molecule has 0 bridgehead atoms. The fourth-order valence-electron chi connectivity index (χ4n) is 4.06. The second kappa shape index (κ2) is 7.13. The number of phenolic OH excluding ortho intramolecular Hbond substituents is 1. The number of fused-ring (bicyclic) bond motifs is 1. The number of nitrogens with zero attached hydrogens (tertiary/aromatic N) is 2. The smallest absolute Gasteiger partial charge is 0.248 e. The van der Waals surface area contributed by atoms with Crippen molar-refractivity contribution in [3.8, 4) is 5.75 Å². The Hall–Kier alpha value is -2.70. The van der Waals surface area contributed by atoms with Gasteiger partial charge >= 0.3 is 0 Å². The van der Waals surface area contributed by atoms with E-state index >= 15 is 0 Å². The SMILES string of the molecule is CCCN1C(=O)[C@H]2[C@@H](C1=O)N(Cc1ccccc1)N[C@H]2c1ccc(O)cc1. The summed E-state index contributed by atoms with van der Waals surface area (Å²) >= 11 is 0. The van der Waals surface area contributed by atoms with Crippen LogP contribution in [0.4, 0.5) is 0 Å². The fraction of sp³-hybridized carbons (Fsp3) is 0.333. The molecule has 2 aliphatic rings. The highest BCUT2D eigenvalue weighted by Gasteiger charge is 2.58. The zero-order valence-corrected chi connectivity index (χ0v) is 15.2. The fourth-order valence-corrected chi connectivity index (χ4v) is 4.06. The number of hydrogen-bond acceptors (Lipinski definition) is 5. The van der Waals surface area contributed by atoms with Crippen LogP contribution in [0.1, 0.15) is 30.5 Å². The molecule has 2 heterocycles. The number of aromatic hydroxyl groups is 1. The molecule has 3 atom stereocenters. The Balaban J connectivity index is 1.68. The van der Waals surface area contributed by atoms with Crippen molar-refractivity contribution in [1.29, 1.82) is 0 Å². The predicted molar refractivity (Wildman–Crippen MR) is 100 cm³/mol. The van der Waals surface area contributed by atoms with E-state index in [2.05, 4.69) is 5.43 Å². The van der Waals surface area contributed by atoms with Crippen LogP contribution >= 0.6 is 0 Å². The van der Waals surface area contributed by atoms with Gasteiger partial charge < -0.3 is 5.11 Å². The van der Waals surface area contributed by atoms with Gasteiger partial charge in [0.25, 0.3) is 0 Å². The Kier molecular flexibility index (Phi) is 4.68. The standard InChI is InChI=1S/C21H23N3O3/c1-2-12-23-20(26)17-18(15-8-10-16(25)11-9-15)22-24(19(17)21(23)27)13-14-6-4-3-5-7-14/h3-11,17-19,22,25H,2,12-13H2,1H3/t17-,18+,19+/m1/s1. The third-order valence-electron chi connectivity index (χ3n) is 5.31. The van der Waals surface area contributed by atoms with Gasteiger partial charge in [-0.25, -0.2) is 10.4 Å². The number of carbonyl (C=O) groups is 2. The molecule has 0 radical (unpaired) electrons. The van der Waals surface area contributed by atoms with Crippen LogP contribution < -0.4 is 5.43 Å². The van der Waals surface area contributed by atoms with Gasteiger partial charge in [0.1, 0.15) is 11.8 Å². The molecule has 2 fully saturated rings. The summed E-state index contributed by atoms with van der Waals surface area (Å²) < 4.78 is 0. The Morgan fingerprint density at radius 1 is 1.00 bits per heavy atom. The quantitative estimate of drug-likeness (QED) is 0.795. The van der Waals surface area contributed by atoms with Gasteiger partial charge in [0.15, 0.2) is 0 Å². The third kappa shape index (κ3) is 3.11. The normalized spacial score (nSPS) is 25.2. The summed E-state index contributed by atoms with van der Waals surface area (Å²) in [5, 5.41) is 11.5. The maximum absolute atomic E-state index is 13.0. The van der Waals surface area contributed by atoms with Crippen LogP contribution in [0.15, 0.2) is 54.6 Å². The second-order valence-electron chi connectivity index (χ2n) is 7.11. The van der Waals surface area contributed by atoms with Gasteiger partial charge in [-0.05, 0) is 29.7 Å². The molecule has 0 unspecified atom stereocenters. The summed E-state index contributed by atoms with van der Waals surface area (Å²) in [5.74, 6) is -0.530. The molecule has 6 nitrogen and oxygen atoms in total. The van der Waals surface area contributed by atoms with Crippen LogP contribution in [0.3, 0.4) is 0 Å². The van der Waals surface area contributed by atoms with Crippen LogP contribution in [0.25, 0.3) is 0 Å². The molecule has 0 aliphatic carbocycles. The van der Waals surface area contributed by atoms with Crippen molar-refractivity contribution < 1.29 is 14.7 Å². The highest BCUT2D eigenvalue weighted by Crippen LogP contribution is 2.41. The molecule has 2 amide bonds. The maximum Gasteiger partial charge on any atom is 0.248 e. The van der Waals surface area contributed by atoms with Crippen molar-refractivity contribution in [3.63, 3.8) is 0 Å². The van der Waals surface area contributed by atoms with E-state index < -0.39 is 12.0 Å². The van der Waals surface area contributed by atoms with Gasteiger partial charge in [0, 0.05) is 13.1 Å². The molecular formula is C21H23N3O3. The van der Waals surface area contributed by atoms with E-state index in [0.717, 1.165) is 17.5 Å². The van der Waals surface area contributed by atoms with Crippen molar-refractivity contribution in [1.82, 2.24) is 15.3 Å². The predicted octanol–water partition coefficient (Wildman–Crippen LogP) is 2.22. The number of imide groups is 1. The van der Waals surface area contributed by atoms with E-state index in [4.69, 9.17) is 0 Å². The minimum Gasteiger partial charge on any atom is -0.508 e. The molecule has 6 heteroatoms. The molecule has 140 valence electrons. The summed E-state index contributed by atoms with van der Waals surface area (Å²) in [4.78, 5) is 27.4. The lowest BCUT2D eigenvalue weighted by atomic mass is 9.91. The average Bonchev–Trinajstić information content (AvgIpc) is 3.16. The summed E-state index contributed by atoms with van der Waals surface area (Å²) in [6, 6.07) is 15.9. The summed E-state index contributed by atoms with van der Waals surface area (Å²) in [6.45, 7) is 2.95. The van der Waals surface area contributed by atoms with Gasteiger partial charge in [-0.2, -0.15) is 0 Å². The maximum atomic E-state index is 13.0. The van der Waals surface area contributed by atoms with Crippen LogP contribution in [0.2, 0.25) is 0 Å². The van der Waals surface area contributed by atoms with Crippen molar-refractivity contribution in [3.05, 3.63) is 65.7 Å². The number of phenols is 1. The van der Waals surface area contributed by atoms with Crippen molar-refractivity contribution in [2.24, 2.45) is 5.92 Å². The van der Waals surface area contributed by atoms with E-state index in [0.29, 0.717) is 13.1 Å². The molecule has 2 aromatic rings. The van der Waals surface area contributed by atoms with Gasteiger partial charge in [0.05, 0.1) is 12.0 Å². The first-order valence-electron chi connectivity index (χ1n) is 9.31. The highest BCUT2D eigenvalue weighted by molar-refractivity contribution is 6.07. The largest absolute Gasteiger partial charge is 0.508 e. The van der Waals surface area contributed by atoms with Crippen molar-refractivity contribution in [2.75, 3.05) is 6.54 Å². The first-order chi connectivity index (χ1) is 13.1. The topological polar surface area (TPSA) is 72.9 Å². The zero-order chi connectivity index (χ0) is 19.0. The summed E-state index contributed by atoms with van der Waals surface area (Å²) in [5.41, 5.74) is 5.34. The summed E-state index contributed by atoms with van der Waals surface area (Å²) in [6.07, 6.45) is 0.743. The number of carbonyl (C=O) groups excluding carboxylic acids is 2. The van der Waals surface area contributed by atoms with Crippen LogP contribution in [-0.4, -0.2) is 39.4 Å². The molecule has 4 rings (SSSR count). The Morgan fingerprint density at radius 3 is 2.37 bits per heavy atom. The van der Waals surface area contributed by atoms with E-state index in [1.54, 1.807) is 24.3 Å². The molecule has 2 aromatic carbocycles. The minimum atomic E-state index is -0.511. The van der Waals surface area contributed by atoms with Crippen molar-refractivity contribution >= 4 is 11.8 Å². The molecule has 0 spiro atoms. The van der Waals surface area contributed by atoms with E-state index in [-0.39, 0.29) is 23.6 Å². The second-order valence-corrected chi connectivity index (χ2v) is 7.11. The molecule has 2 N–H and O–H groups in total. The van der Waals surface area contributed by atoms with Gasteiger partial charge in [0.2, 0.25) is 11.8 Å². The van der Waals surface area contributed by atoms with Crippen LogP contribution in [0.5, 0.6) is 5.75 Å². The number of hydrogen-bond donors (Lipinski definition) is 2. The molecule has 0 saturated carbocycles.